The molecule has 0 aliphatic rings. The predicted molar refractivity (Wildman–Crippen MR) is 87.6 cm³/mol. The van der Waals surface area contributed by atoms with Crippen LogP contribution in [0.5, 0.6) is 0 Å². The van der Waals surface area contributed by atoms with Crippen molar-refractivity contribution in [2.24, 2.45) is 0 Å². The Labute approximate surface area is 130 Å². The molecule has 1 atom stereocenters. The molecular formula is C18H20O2S. The lowest BCUT2D eigenvalue weighted by atomic mass is 10.1. The standard InChI is InChI=1S/C18H20O2S/c1-4-20-18(19)17(15-8-6-5-7-9-15)21-16-11-10-13(2)14(3)12-16/h5-12,17H,4H2,1-3H3. The normalized spacial score (nSPS) is 12.0. The van der Waals surface area contributed by atoms with Gasteiger partial charge in [0.1, 0.15) is 5.25 Å². The van der Waals surface area contributed by atoms with Crippen LogP contribution < -0.4 is 0 Å². The number of esters is 1. The van der Waals surface area contributed by atoms with Gasteiger partial charge in [0.15, 0.2) is 0 Å². The minimum atomic E-state index is -0.326. The summed E-state index contributed by atoms with van der Waals surface area (Å²) >= 11 is 1.54. The van der Waals surface area contributed by atoms with E-state index in [9.17, 15) is 4.79 Å². The zero-order chi connectivity index (χ0) is 15.2. The fraction of sp³-hybridized carbons (Fsp3) is 0.278. The number of carbonyl (C=O) groups excluding carboxylic acids is 1. The zero-order valence-electron chi connectivity index (χ0n) is 12.6. The largest absolute Gasteiger partial charge is 0.465 e. The lowest BCUT2D eigenvalue weighted by Gasteiger charge is -2.16. The highest BCUT2D eigenvalue weighted by molar-refractivity contribution is 8.00. The van der Waals surface area contributed by atoms with E-state index < -0.39 is 0 Å². The van der Waals surface area contributed by atoms with Crippen LogP contribution in [0.15, 0.2) is 53.4 Å². The molecule has 2 rings (SSSR count). The molecule has 0 bridgehead atoms. The highest BCUT2D eigenvalue weighted by atomic mass is 32.2. The van der Waals surface area contributed by atoms with Gasteiger partial charge in [0.2, 0.25) is 0 Å². The molecule has 0 aromatic heterocycles. The number of hydrogen-bond acceptors (Lipinski definition) is 3. The molecule has 0 fully saturated rings. The number of thioether (sulfide) groups is 1. The molecule has 0 radical (unpaired) electrons. The molecule has 2 aromatic rings. The van der Waals surface area contributed by atoms with Crippen LogP contribution in [0.4, 0.5) is 0 Å². The van der Waals surface area contributed by atoms with E-state index in [0.29, 0.717) is 6.61 Å². The van der Waals surface area contributed by atoms with Crippen molar-refractivity contribution in [2.75, 3.05) is 6.61 Å². The molecule has 0 N–H and O–H groups in total. The van der Waals surface area contributed by atoms with Crippen LogP contribution in [0.25, 0.3) is 0 Å². The van der Waals surface area contributed by atoms with Gasteiger partial charge in [-0.2, -0.15) is 0 Å². The number of rotatable bonds is 5. The van der Waals surface area contributed by atoms with Crippen molar-refractivity contribution in [3.05, 3.63) is 65.2 Å². The third-order valence-corrected chi connectivity index (χ3v) is 4.56. The second-order valence-electron chi connectivity index (χ2n) is 4.91. The van der Waals surface area contributed by atoms with E-state index in [1.807, 2.05) is 37.3 Å². The van der Waals surface area contributed by atoms with Crippen molar-refractivity contribution in [1.82, 2.24) is 0 Å². The summed E-state index contributed by atoms with van der Waals surface area (Å²) in [5.74, 6) is -0.188. The molecule has 2 nitrogen and oxygen atoms in total. The van der Waals surface area contributed by atoms with Crippen LogP contribution in [0.3, 0.4) is 0 Å². The Morgan fingerprint density at radius 1 is 1.10 bits per heavy atom. The first-order valence-electron chi connectivity index (χ1n) is 7.07. The van der Waals surface area contributed by atoms with E-state index >= 15 is 0 Å². The summed E-state index contributed by atoms with van der Waals surface area (Å²) in [5, 5.41) is -0.326. The summed E-state index contributed by atoms with van der Waals surface area (Å²) in [6, 6.07) is 16.0. The fourth-order valence-electron chi connectivity index (χ4n) is 2.02. The topological polar surface area (TPSA) is 26.3 Å². The Bertz CT molecular complexity index is 608. The van der Waals surface area contributed by atoms with Gasteiger partial charge in [0.05, 0.1) is 6.61 Å². The lowest BCUT2D eigenvalue weighted by molar-refractivity contribution is -0.142. The highest BCUT2D eigenvalue weighted by Gasteiger charge is 2.23. The van der Waals surface area contributed by atoms with Gasteiger partial charge in [-0.25, -0.2) is 0 Å². The van der Waals surface area contributed by atoms with E-state index in [1.165, 1.54) is 22.9 Å². The molecule has 110 valence electrons. The van der Waals surface area contributed by atoms with Gasteiger partial charge in [-0.15, -0.1) is 11.8 Å². The molecule has 0 heterocycles. The molecule has 0 saturated heterocycles. The van der Waals surface area contributed by atoms with Gasteiger partial charge in [-0.1, -0.05) is 36.4 Å². The number of benzene rings is 2. The van der Waals surface area contributed by atoms with Gasteiger partial charge in [0.25, 0.3) is 0 Å². The summed E-state index contributed by atoms with van der Waals surface area (Å²) in [5.41, 5.74) is 3.46. The molecular weight excluding hydrogens is 280 g/mol. The minimum absolute atomic E-state index is 0.188. The van der Waals surface area contributed by atoms with Crippen LogP contribution in [-0.4, -0.2) is 12.6 Å². The molecule has 0 amide bonds. The van der Waals surface area contributed by atoms with Crippen molar-refractivity contribution in [3.8, 4) is 0 Å². The van der Waals surface area contributed by atoms with Crippen LogP contribution in [0, 0.1) is 13.8 Å². The van der Waals surface area contributed by atoms with Crippen LogP contribution in [0.2, 0.25) is 0 Å². The quantitative estimate of drug-likeness (QED) is 0.591. The predicted octanol–water partition coefficient (Wildman–Crippen LogP) is 4.70. The first-order valence-corrected chi connectivity index (χ1v) is 7.95. The molecule has 21 heavy (non-hydrogen) atoms. The van der Waals surface area contributed by atoms with Crippen molar-refractivity contribution in [2.45, 2.75) is 30.9 Å². The average Bonchev–Trinajstić information content (AvgIpc) is 2.49. The van der Waals surface area contributed by atoms with E-state index in [-0.39, 0.29) is 11.2 Å². The van der Waals surface area contributed by atoms with Gasteiger partial charge < -0.3 is 4.74 Å². The number of ether oxygens (including phenoxy) is 1. The van der Waals surface area contributed by atoms with Crippen molar-refractivity contribution in [1.29, 1.82) is 0 Å². The molecule has 0 aliphatic carbocycles. The summed E-state index contributed by atoms with van der Waals surface area (Å²) in [6.45, 7) is 6.40. The maximum Gasteiger partial charge on any atom is 0.323 e. The maximum atomic E-state index is 12.3. The Balaban J connectivity index is 2.27. The zero-order valence-corrected chi connectivity index (χ0v) is 13.4. The maximum absolute atomic E-state index is 12.3. The summed E-state index contributed by atoms with van der Waals surface area (Å²) in [6.07, 6.45) is 0. The van der Waals surface area contributed by atoms with Crippen LogP contribution in [0.1, 0.15) is 28.9 Å². The third-order valence-electron chi connectivity index (χ3n) is 3.34. The number of carbonyl (C=O) groups is 1. The Kier molecular flexibility index (Phi) is 5.45. The molecule has 0 aliphatic heterocycles. The lowest BCUT2D eigenvalue weighted by Crippen LogP contribution is -2.13. The second-order valence-corrected chi connectivity index (χ2v) is 6.09. The molecule has 0 spiro atoms. The van der Waals surface area contributed by atoms with Gasteiger partial charge in [-0.3, -0.25) is 4.79 Å². The highest BCUT2D eigenvalue weighted by Crippen LogP contribution is 2.36. The van der Waals surface area contributed by atoms with Crippen molar-refractivity contribution >= 4 is 17.7 Å². The Morgan fingerprint density at radius 2 is 1.81 bits per heavy atom. The van der Waals surface area contributed by atoms with E-state index in [4.69, 9.17) is 4.74 Å². The molecule has 0 saturated carbocycles. The molecule has 2 aromatic carbocycles. The van der Waals surface area contributed by atoms with Crippen LogP contribution >= 0.6 is 11.8 Å². The van der Waals surface area contributed by atoms with Crippen LogP contribution in [-0.2, 0) is 9.53 Å². The third kappa shape index (κ3) is 4.11. The van der Waals surface area contributed by atoms with Crippen molar-refractivity contribution < 1.29 is 9.53 Å². The summed E-state index contributed by atoms with van der Waals surface area (Å²) < 4.78 is 5.22. The first kappa shape index (κ1) is 15.6. The minimum Gasteiger partial charge on any atom is -0.465 e. The van der Waals surface area contributed by atoms with Gasteiger partial charge >= 0.3 is 5.97 Å². The first-order chi connectivity index (χ1) is 10.1. The van der Waals surface area contributed by atoms with E-state index in [1.54, 1.807) is 0 Å². The molecule has 3 heteroatoms. The van der Waals surface area contributed by atoms with E-state index in [2.05, 4.69) is 32.0 Å². The van der Waals surface area contributed by atoms with Gasteiger partial charge in [-0.05, 0) is 49.6 Å². The number of aryl methyl sites for hydroxylation is 2. The van der Waals surface area contributed by atoms with Crippen molar-refractivity contribution in [3.63, 3.8) is 0 Å². The molecule has 1 unspecified atom stereocenters. The SMILES string of the molecule is CCOC(=O)C(Sc1ccc(C)c(C)c1)c1ccccc1. The Hall–Kier alpha value is -1.74. The number of hydrogen-bond donors (Lipinski definition) is 0. The monoisotopic (exact) mass is 300 g/mol. The smallest absolute Gasteiger partial charge is 0.323 e. The fourth-order valence-corrected chi connectivity index (χ4v) is 3.14. The Morgan fingerprint density at radius 3 is 2.43 bits per heavy atom. The van der Waals surface area contributed by atoms with Gasteiger partial charge in [0, 0.05) is 4.90 Å². The van der Waals surface area contributed by atoms with E-state index in [0.717, 1.165) is 10.5 Å². The second kappa shape index (κ2) is 7.32. The summed E-state index contributed by atoms with van der Waals surface area (Å²) in [7, 11) is 0. The summed E-state index contributed by atoms with van der Waals surface area (Å²) in [4.78, 5) is 13.3. The average molecular weight is 300 g/mol.